The summed E-state index contributed by atoms with van der Waals surface area (Å²) in [6.45, 7) is 3.46. The number of rotatable bonds is 3. The molecule has 0 radical (unpaired) electrons. The van der Waals surface area contributed by atoms with E-state index in [0.717, 1.165) is 40.6 Å². The summed E-state index contributed by atoms with van der Waals surface area (Å²) in [5, 5.41) is 5.11. The fourth-order valence-electron chi connectivity index (χ4n) is 2.97. The van der Waals surface area contributed by atoms with E-state index in [2.05, 4.69) is 35.4 Å². The van der Waals surface area contributed by atoms with Crippen LogP contribution in [0.3, 0.4) is 0 Å². The topological polar surface area (TPSA) is 51.2 Å². The summed E-state index contributed by atoms with van der Waals surface area (Å²) >= 11 is 1.44. The SMILES string of the molecule is Cc1ccc2nc3sc(C(=O)NCC4CCCO4)cc3cc2c1. The molecule has 118 valence electrons. The average Bonchev–Trinajstić information content (AvgIpc) is 3.19. The van der Waals surface area contributed by atoms with Crippen LogP contribution in [0.2, 0.25) is 0 Å². The molecule has 1 aromatic carbocycles. The summed E-state index contributed by atoms with van der Waals surface area (Å²) in [7, 11) is 0. The molecule has 1 amide bonds. The molecule has 2 aromatic heterocycles. The van der Waals surface area contributed by atoms with Gasteiger partial charge in [0.2, 0.25) is 0 Å². The maximum absolute atomic E-state index is 12.3. The number of benzene rings is 1. The molecule has 3 aromatic rings. The first-order valence-corrected chi connectivity index (χ1v) is 8.71. The van der Waals surface area contributed by atoms with Crippen molar-refractivity contribution in [2.75, 3.05) is 13.2 Å². The van der Waals surface area contributed by atoms with Crippen molar-refractivity contribution in [2.24, 2.45) is 0 Å². The molecule has 1 unspecified atom stereocenters. The molecule has 1 aliphatic rings. The molecule has 5 heteroatoms. The monoisotopic (exact) mass is 326 g/mol. The average molecular weight is 326 g/mol. The smallest absolute Gasteiger partial charge is 0.261 e. The Bertz CT molecular complexity index is 881. The molecule has 1 N–H and O–H groups in total. The number of thiophene rings is 1. The molecule has 23 heavy (non-hydrogen) atoms. The van der Waals surface area contributed by atoms with Gasteiger partial charge in [-0.1, -0.05) is 11.6 Å². The Kier molecular flexibility index (Phi) is 3.75. The van der Waals surface area contributed by atoms with Gasteiger partial charge in [-0.15, -0.1) is 11.3 Å². The second-order valence-electron chi connectivity index (χ2n) is 6.03. The first kappa shape index (κ1) is 14.6. The van der Waals surface area contributed by atoms with Gasteiger partial charge < -0.3 is 10.1 Å². The van der Waals surface area contributed by atoms with Crippen molar-refractivity contribution in [1.82, 2.24) is 10.3 Å². The number of carbonyl (C=O) groups is 1. The van der Waals surface area contributed by atoms with Gasteiger partial charge >= 0.3 is 0 Å². The number of nitrogens with one attached hydrogen (secondary N) is 1. The number of ether oxygens (including phenoxy) is 1. The summed E-state index contributed by atoms with van der Waals surface area (Å²) in [5.41, 5.74) is 2.18. The molecule has 0 aliphatic carbocycles. The van der Waals surface area contributed by atoms with Crippen LogP contribution in [0.1, 0.15) is 28.1 Å². The van der Waals surface area contributed by atoms with Gasteiger partial charge in [0.25, 0.3) is 5.91 Å². The largest absolute Gasteiger partial charge is 0.376 e. The number of hydrogen-bond acceptors (Lipinski definition) is 4. The number of amides is 1. The minimum absolute atomic E-state index is 0.0382. The number of nitrogens with zero attached hydrogens (tertiary/aromatic N) is 1. The maximum atomic E-state index is 12.3. The molecule has 4 rings (SSSR count). The van der Waals surface area contributed by atoms with Crippen molar-refractivity contribution in [3.63, 3.8) is 0 Å². The standard InChI is InChI=1S/C18H18N2O2S/c1-11-4-5-15-12(7-11)8-13-9-16(23-18(13)20-15)17(21)19-10-14-3-2-6-22-14/h4-5,7-9,14H,2-3,6,10H2,1H3,(H,19,21). The zero-order valence-corrected chi connectivity index (χ0v) is 13.8. The van der Waals surface area contributed by atoms with Crippen LogP contribution in [0.4, 0.5) is 0 Å². The Hall–Kier alpha value is -1.98. The Morgan fingerprint density at radius 2 is 2.26 bits per heavy atom. The number of hydrogen-bond donors (Lipinski definition) is 1. The van der Waals surface area contributed by atoms with Crippen molar-refractivity contribution in [2.45, 2.75) is 25.9 Å². The normalized spacial score (nSPS) is 17.9. The predicted octanol–water partition coefficient (Wildman–Crippen LogP) is 3.67. The lowest BCUT2D eigenvalue weighted by atomic mass is 10.1. The highest BCUT2D eigenvalue weighted by atomic mass is 32.1. The third-order valence-electron chi connectivity index (χ3n) is 4.19. The van der Waals surface area contributed by atoms with E-state index in [1.807, 2.05) is 12.1 Å². The molecule has 3 heterocycles. The van der Waals surface area contributed by atoms with Gasteiger partial charge in [-0.25, -0.2) is 4.98 Å². The Labute approximate surface area is 138 Å². The second kappa shape index (κ2) is 5.91. The number of aromatic nitrogens is 1. The molecule has 4 nitrogen and oxygen atoms in total. The van der Waals surface area contributed by atoms with Gasteiger partial charge in [0.1, 0.15) is 4.83 Å². The fourth-order valence-corrected chi connectivity index (χ4v) is 3.90. The van der Waals surface area contributed by atoms with Crippen LogP contribution >= 0.6 is 11.3 Å². The number of pyridine rings is 1. The molecule has 1 saturated heterocycles. The molecular weight excluding hydrogens is 308 g/mol. The highest BCUT2D eigenvalue weighted by Crippen LogP contribution is 2.28. The van der Waals surface area contributed by atoms with Crippen LogP contribution in [0.15, 0.2) is 30.3 Å². The number of carbonyl (C=O) groups excluding carboxylic acids is 1. The Morgan fingerprint density at radius 1 is 1.35 bits per heavy atom. The van der Waals surface area contributed by atoms with Crippen molar-refractivity contribution in [3.8, 4) is 0 Å². The van der Waals surface area contributed by atoms with Crippen LogP contribution in [-0.4, -0.2) is 30.1 Å². The molecule has 1 fully saturated rings. The number of aryl methyl sites for hydroxylation is 1. The van der Waals surface area contributed by atoms with Gasteiger partial charge in [-0.05, 0) is 44.0 Å². The van der Waals surface area contributed by atoms with Crippen molar-refractivity contribution < 1.29 is 9.53 Å². The molecule has 1 aliphatic heterocycles. The van der Waals surface area contributed by atoms with Crippen LogP contribution in [-0.2, 0) is 4.74 Å². The van der Waals surface area contributed by atoms with Gasteiger partial charge in [0, 0.05) is 23.9 Å². The molecule has 0 bridgehead atoms. The predicted molar refractivity (Wildman–Crippen MR) is 93.2 cm³/mol. The lowest BCUT2D eigenvalue weighted by Gasteiger charge is -2.09. The maximum Gasteiger partial charge on any atom is 0.261 e. The second-order valence-corrected chi connectivity index (χ2v) is 7.07. The van der Waals surface area contributed by atoms with Crippen LogP contribution in [0.5, 0.6) is 0 Å². The molecule has 1 atom stereocenters. The minimum atomic E-state index is -0.0382. The summed E-state index contributed by atoms with van der Waals surface area (Å²) in [6.07, 6.45) is 2.27. The van der Waals surface area contributed by atoms with E-state index in [0.29, 0.717) is 11.4 Å². The third kappa shape index (κ3) is 2.94. The molecular formula is C18H18N2O2S. The van der Waals surface area contributed by atoms with Crippen LogP contribution in [0.25, 0.3) is 21.1 Å². The van der Waals surface area contributed by atoms with Crippen LogP contribution < -0.4 is 5.32 Å². The van der Waals surface area contributed by atoms with E-state index in [1.54, 1.807) is 0 Å². The van der Waals surface area contributed by atoms with Crippen molar-refractivity contribution in [3.05, 3.63) is 40.8 Å². The minimum Gasteiger partial charge on any atom is -0.376 e. The van der Waals surface area contributed by atoms with Gasteiger partial charge in [0.15, 0.2) is 0 Å². The fraction of sp³-hybridized carbons (Fsp3) is 0.333. The Balaban J connectivity index is 1.59. The van der Waals surface area contributed by atoms with Gasteiger partial charge in [0.05, 0.1) is 16.5 Å². The molecule has 0 spiro atoms. The summed E-state index contributed by atoms with van der Waals surface area (Å²) in [4.78, 5) is 18.6. The van der Waals surface area contributed by atoms with E-state index < -0.39 is 0 Å². The van der Waals surface area contributed by atoms with E-state index in [1.165, 1.54) is 16.9 Å². The van der Waals surface area contributed by atoms with E-state index in [9.17, 15) is 4.79 Å². The highest BCUT2D eigenvalue weighted by Gasteiger charge is 2.18. The van der Waals surface area contributed by atoms with Gasteiger partial charge in [-0.3, -0.25) is 4.79 Å². The summed E-state index contributed by atoms with van der Waals surface area (Å²) in [5.74, 6) is -0.0382. The quantitative estimate of drug-likeness (QED) is 0.799. The summed E-state index contributed by atoms with van der Waals surface area (Å²) < 4.78 is 5.54. The zero-order valence-electron chi connectivity index (χ0n) is 13.0. The summed E-state index contributed by atoms with van der Waals surface area (Å²) in [6, 6.07) is 10.2. The van der Waals surface area contributed by atoms with Crippen LogP contribution in [0, 0.1) is 6.92 Å². The number of fused-ring (bicyclic) bond motifs is 2. The highest BCUT2D eigenvalue weighted by molar-refractivity contribution is 7.20. The lowest BCUT2D eigenvalue weighted by molar-refractivity contribution is 0.0861. The third-order valence-corrected chi connectivity index (χ3v) is 5.24. The van der Waals surface area contributed by atoms with Crippen molar-refractivity contribution in [1.29, 1.82) is 0 Å². The van der Waals surface area contributed by atoms with E-state index in [4.69, 9.17) is 4.74 Å². The Morgan fingerprint density at radius 3 is 3.09 bits per heavy atom. The first-order chi connectivity index (χ1) is 11.2. The lowest BCUT2D eigenvalue weighted by Crippen LogP contribution is -2.31. The first-order valence-electron chi connectivity index (χ1n) is 7.90. The van der Waals surface area contributed by atoms with E-state index >= 15 is 0 Å². The zero-order chi connectivity index (χ0) is 15.8. The van der Waals surface area contributed by atoms with Gasteiger partial charge in [-0.2, -0.15) is 0 Å². The molecule has 0 saturated carbocycles. The van der Waals surface area contributed by atoms with E-state index in [-0.39, 0.29) is 12.0 Å². The van der Waals surface area contributed by atoms with Crippen molar-refractivity contribution >= 4 is 38.4 Å².